The Morgan fingerprint density at radius 1 is 1.39 bits per heavy atom. The minimum atomic E-state index is -4.94. The van der Waals surface area contributed by atoms with Gasteiger partial charge in [-0.1, -0.05) is 11.8 Å². The number of benzene rings is 1. The van der Waals surface area contributed by atoms with Gasteiger partial charge in [-0.3, -0.25) is 4.90 Å². The van der Waals surface area contributed by atoms with Gasteiger partial charge in [-0.15, -0.1) is 0 Å². The van der Waals surface area contributed by atoms with Gasteiger partial charge in [-0.2, -0.15) is 13.2 Å². The quantitative estimate of drug-likeness (QED) is 0.370. The normalized spacial score (nSPS) is 23.7. The smallest absolute Gasteiger partial charge is 0.307 e. The molecule has 0 spiro atoms. The number of urea groups is 1. The van der Waals surface area contributed by atoms with E-state index in [1.165, 1.54) is 12.1 Å². The van der Waals surface area contributed by atoms with E-state index in [0.29, 0.717) is 4.90 Å². The van der Waals surface area contributed by atoms with Gasteiger partial charge in [0.05, 0.1) is 11.3 Å². The number of amides is 2. The molecule has 23 heavy (non-hydrogen) atoms. The van der Waals surface area contributed by atoms with Crippen LogP contribution in [0.3, 0.4) is 0 Å². The molecule has 0 radical (unpaired) electrons. The zero-order valence-electron chi connectivity index (χ0n) is 11.9. The number of carbonyl (C=O) groups is 1. The largest absolute Gasteiger partial charge is 0.427 e. The fourth-order valence-electron chi connectivity index (χ4n) is 2.51. The van der Waals surface area contributed by atoms with E-state index in [0.717, 1.165) is 19.9 Å². The minimum absolute atomic E-state index is 0.0349. The van der Waals surface area contributed by atoms with Crippen molar-refractivity contribution in [3.05, 3.63) is 27.1 Å². The Balaban J connectivity index is 2.35. The van der Waals surface area contributed by atoms with Crippen molar-refractivity contribution in [1.82, 2.24) is 4.90 Å². The van der Waals surface area contributed by atoms with Crippen LogP contribution in [0, 0.1) is 27.1 Å². The number of nitrogens with zero attached hydrogens (tertiary/aromatic N) is 1. The summed E-state index contributed by atoms with van der Waals surface area (Å²) in [4.78, 5) is 12.4. The third-order valence-corrected chi connectivity index (χ3v) is 4.78. The molecule has 1 unspecified atom stereocenters. The molecule has 1 saturated carbocycles. The van der Waals surface area contributed by atoms with E-state index in [4.69, 9.17) is 0 Å². The third-order valence-electron chi connectivity index (χ3n) is 3.95. The van der Waals surface area contributed by atoms with Crippen molar-refractivity contribution < 1.29 is 22.4 Å². The highest BCUT2D eigenvalue weighted by Gasteiger charge is 2.64. The number of nitrogens with one attached hydrogen (secondary N) is 1. The van der Waals surface area contributed by atoms with Gasteiger partial charge in [-0.25, -0.2) is 9.18 Å². The van der Waals surface area contributed by atoms with Crippen molar-refractivity contribution in [2.75, 3.05) is 12.4 Å². The first-order chi connectivity index (χ1) is 10.7. The summed E-state index contributed by atoms with van der Waals surface area (Å²) in [5.74, 6) is 3.60. The molecule has 1 aromatic carbocycles. The fourth-order valence-corrected chi connectivity index (χ4v) is 2.96. The number of halogens is 5. The maximum atomic E-state index is 14.6. The van der Waals surface area contributed by atoms with E-state index in [-0.39, 0.29) is 15.2 Å². The monoisotopic (exact) mass is 438 g/mol. The third kappa shape index (κ3) is 2.45. The first-order valence-corrected chi connectivity index (χ1v) is 7.89. The molecule has 1 heterocycles. The predicted molar refractivity (Wildman–Crippen MR) is 84.1 cm³/mol. The fraction of sp³-hybridized carbons (Fsp3) is 0.400. The lowest BCUT2D eigenvalue weighted by molar-refractivity contribution is -0.204. The summed E-state index contributed by atoms with van der Waals surface area (Å²) in [7, 11) is 0.979. The summed E-state index contributed by atoms with van der Waals surface area (Å²) in [5.41, 5.74) is -3.83. The number of hydrogen-bond acceptors (Lipinski definition) is 1. The van der Waals surface area contributed by atoms with E-state index < -0.39 is 29.1 Å². The summed E-state index contributed by atoms with van der Waals surface area (Å²) in [6, 6.07) is 1.61. The van der Waals surface area contributed by atoms with Gasteiger partial charge < -0.3 is 5.32 Å². The van der Waals surface area contributed by atoms with Crippen LogP contribution < -0.4 is 5.32 Å². The molecule has 1 aliphatic carbocycles. The number of alkyl halides is 3. The second-order valence-electron chi connectivity index (χ2n) is 5.52. The molecule has 2 amide bonds. The van der Waals surface area contributed by atoms with Crippen LogP contribution in [0.15, 0.2) is 12.1 Å². The standard InChI is InChI=1S/C15H11F4IN2O/c1-22-13(23)21-10-5-4-9(20)12(16)11(10)14(22,15(17,18)19)7-6-8-2-3-8/h4-5,8H,2-3H2,1H3,(H,21,23). The number of carbonyl (C=O) groups excluding carboxylic acids is 1. The molecule has 3 rings (SSSR count). The van der Waals surface area contributed by atoms with Crippen molar-refractivity contribution in [1.29, 1.82) is 0 Å². The molecule has 1 fully saturated rings. The molecular weight excluding hydrogens is 427 g/mol. The topological polar surface area (TPSA) is 32.3 Å². The SMILES string of the molecule is CN1C(=O)Nc2ccc(I)c(F)c2C1(C#CC1CC1)C(F)(F)F. The van der Waals surface area contributed by atoms with E-state index in [2.05, 4.69) is 17.2 Å². The van der Waals surface area contributed by atoms with Gasteiger partial charge in [0.1, 0.15) is 5.82 Å². The second kappa shape index (κ2) is 5.26. The van der Waals surface area contributed by atoms with E-state index in [9.17, 15) is 22.4 Å². The molecule has 1 aromatic rings. The van der Waals surface area contributed by atoms with Gasteiger partial charge in [0.15, 0.2) is 0 Å². The molecule has 2 aliphatic rings. The van der Waals surface area contributed by atoms with Gasteiger partial charge in [0.25, 0.3) is 0 Å². The average Bonchev–Trinajstić information content (AvgIpc) is 3.27. The summed E-state index contributed by atoms with van der Waals surface area (Å²) in [5, 5.41) is 2.28. The lowest BCUT2D eigenvalue weighted by Crippen LogP contribution is -2.60. The molecule has 0 bridgehead atoms. The highest BCUT2D eigenvalue weighted by atomic mass is 127. The average molecular weight is 438 g/mol. The van der Waals surface area contributed by atoms with E-state index in [1.54, 1.807) is 22.6 Å². The molecule has 122 valence electrons. The molecule has 8 heteroatoms. The molecule has 0 aromatic heterocycles. The minimum Gasteiger partial charge on any atom is -0.307 e. The molecule has 1 N–H and O–H groups in total. The van der Waals surface area contributed by atoms with Crippen LogP contribution in [0.25, 0.3) is 0 Å². The summed E-state index contributed by atoms with van der Waals surface area (Å²) in [6.07, 6.45) is -3.50. The Hall–Kier alpha value is -1.50. The predicted octanol–water partition coefficient (Wildman–Crippen LogP) is 4.08. The maximum Gasteiger partial charge on any atom is 0.427 e. The first kappa shape index (κ1) is 16.4. The van der Waals surface area contributed by atoms with Crippen LogP contribution in [0.1, 0.15) is 18.4 Å². The van der Waals surface area contributed by atoms with E-state index >= 15 is 0 Å². The molecular formula is C15H11F4IN2O. The van der Waals surface area contributed by atoms with Crippen molar-refractivity contribution >= 4 is 34.3 Å². The number of hydrogen-bond donors (Lipinski definition) is 1. The van der Waals surface area contributed by atoms with Crippen LogP contribution in [-0.2, 0) is 5.54 Å². The van der Waals surface area contributed by atoms with Crippen LogP contribution in [0.5, 0.6) is 0 Å². The summed E-state index contributed by atoms with van der Waals surface area (Å²) >= 11 is 1.62. The molecule has 1 aliphatic heterocycles. The number of fused-ring (bicyclic) bond motifs is 1. The highest BCUT2D eigenvalue weighted by Crippen LogP contribution is 2.50. The lowest BCUT2D eigenvalue weighted by atomic mass is 9.84. The number of rotatable bonds is 0. The van der Waals surface area contributed by atoms with Gasteiger partial charge in [-0.05, 0) is 47.6 Å². The zero-order chi connectivity index (χ0) is 17.0. The Labute approximate surface area is 143 Å². The number of anilines is 1. The molecule has 0 saturated heterocycles. The Morgan fingerprint density at radius 2 is 2.04 bits per heavy atom. The maximum absolute atomic E-state index is 14.6. The van der Waals surface area contributed by atoms with E-state index in [1.807, 2.05) is 0 Å². The lowest BCUT2D eigenvalue weighted by Gasteiger charge is -2.43. The summed E-state index contributed by atoms with van der Waals surface area (Å²) < 4.78 is 56.6. The van der Waals surface area contributed by atoms with Gasteiger partial charge >= 0.3 is 12.2 Å². The highest BCUT2D eigenvalue weighted by molar-refractivity contribution is 14.1. The van der Waals surface area contributed by atoms with Crippen molar-refractivity contribution in [3.8, 4) is 11.8 Å². The first-order valence-electron chi connectivity index (χ1n) is 6.81. The van der Waals surface area contributed by atoms with Crippen molar-refractivity contribution in [3.63, 3.8) is 0 Å². The molecule has 1 atom stereocenters. The Bertz CT molecular complexity index is 748. The second-order valence-corrected chi connectivity index (χ2v) is 6.69. The Kier molecular flexibility index (Phi) is 3.74. The van der Waals surface area contributed by atoms with Crippen molar-refractivity contribution in [2.24, 2.45) is 5.92 Å². The van der Waals surface area contributed by atoms with Crippen molar-refractivity contribution in [2.45, 2.75) is 24.6 Å². The van der Waals surface area contributed by atoms with Gasteiger partial charge in [0.2, 0.25) is 5.54 Å². The molecule has 3 nitrogen and oxygen atoms in total. The Morgan fingerprint density at radius 3 is 2.61 bits per heavy atom. The van der Waals surface area contributed by atoms with Gasteiger partial charge in [0, 0.05) is 16.5 Å². The summed E-state index contributed by atoms with van der Waals surface area (Å²) in [6.45, 7) is 0. The van der Waals surface area contributed by atoms with Crippen LogP contribution in [0.2, 0.25) is 0 Å². The van der Waals surface area contributed by atoms with Crippen LogP contribution >= 0.6 is 22.6 Å². The van der Waals surface area contributed by atoms with Crippen LogP contribution in [-0.4, -0.2) is 24.2 Å². The zero-order valence-corrected chi connectivity index (χ0v) is 14.0. The van der Waals surface area contributed by atoms with Crippen LogP contribution in [0.4, 0.5) is 28.0 Å².